The number of nitrogens with one attached hydrogen (secondary N) is 1. The van der Waals surface area contributed by atoms with Gasteiger partial charge in [-0.1, -0.05) is 60.7 Å². The Morgan fingerprint density at radius 2 is 1.54 bits per heavy atom. The second-order valence-electron chi connectivity index (χ2n) is 5.17. The van der Waals surface area contributed by atoms with Crippen LogP contribution >= 0.6 is 0 Å². The molecule has 0 aliphatic heterocycles. The lowest BCUT2D eigenvalue weighted by molar-refractivity contribution is -0.114. The molecule has 0 unspecified atom stereocenters. The van der Waals surface area contributed by atoms with Gasteiger partial charge in [0.25, 0.3) is 0 Å². The Labute approximate surface area is 139 Å². The summed E-state index contributed by atoms with van der Waals surface area (Å²) in [6.07, 6.45) is 0. The van der Waals surface area contributed by atoms with Crippen LogP contribution in [0.2, 0.25) is 0 Å². The molecule has 0 radical (unpaired) electrons. The van der Waals surface area contributed by atoms with Gasteiger partial charge in [0.1, 0.15) is 17.3 Å². The van der Waals surface area contributed by atoms with E-state index in [9.17, 15) is 10.1 Å². The molecule has 24 heavy (non-hydrogen) atoms. The molecular formula is C19H14N4O. The zero-order valence-corrected chi connectivity index (χ0v) is 13.0. The van der Waals surface area contributed by atoms with Crippen LogP contribution in [0.5, 0.6) is 0 Å². The molecule has 1 N–H and O–H groups in total. The van der Waals surface area contributed by atoms with Crippen molar-refractivity contribution in [2.24, 2.45) is 0 Å². The van der Waals surface area contributed by atoms with Crippen LogP contribution in [-0.4, -0.2) is 16.1 Å². The SMILES string of the molecule is CC(=O)Nc1nnc(-c2ccccc2)c(-c2ccccc2)c1C#N. The van der Waals surface area contributed by atoms with E-state index in [-0.39, 0.29) is 11.7 Å². The number of aromatic nitrogens is 2. The minimum absolute atomic E-state index is 0.170. The van der Waals surface area contributed by atoms with Crippen LogP contribution in [0.4, 0.5) is 5.82 Å². The highest BCUT2D eigenvalue weighted by Crippen LogP contribution is 2.35. The molecule has 5 heteroatoms. The molecule has 3 rings (SSSR count). The molecule has 3 aromatic rings. The summed E-state index contributed by atoms with van der Waals surface area (Å²) < 4.78 is 0. The second-order valence-corrected chi connectivity index (χ2v) is 5.17. The fourth-order valence-electron chi connectivity index (χ4n) is 2.48. The Kier molecular flexibility index (Phi) is 4.30. The Morgan fingerprint density at radius 1 is 0.958 bits per heavy atom. The number of amides is 1. The maximum absolute atomic E-state index is 11.4. The monoisotopic (exact) mass is 314 g/mol. The summed E-state index contributed by atoms with van der Waals surface area (Å²) in [6.45, 7) is 1.37. The van der Waals surface area contributed by atoms with Crippen LogP contribution in [0.3, 0.4) is 0 Å². The molecule has 0 spiro atoms. The van der Waals surface area contributed by atoms with Crippen LogP contribution in [0.25, 0.3) is 22.4 Å². The number of carbonyl (C=O) groups excluding carboxylic acids is 1. The van der Waals surface area contributed by atoms with Gasteiger partial charge in [0, 0.05) is 18.1 Å². The van der Waals surface area contributed by atoms with Crippen molar-refractivity contribution in [1.82, 2.24) is 10.2 Å². The van der Waals surface area contributed by atoms with Crippen LogP contribution in [0, 0.1) is 11.3 Å². The topological polar surface area (TPSA) is 78.7 Å². The van der Waals surface area contributed by atoms with E-state index in [1.54, 1.807) is 0 Å². The van der Waals surface area contributed by atoms with E-state index in [4.69, 9.17) is 0 Å². The molecule has 0 bridgehead atoms. The van der Waals surface area contributed by atoms with Gasteiger partial charge in [-0.15, -0.1) is 10.2 Å². The average Bonchev–Trinajstić information content (AvgIpc) is 2.62. The first-order valence-electron chi connectivity index (χ1n) is 7.40. The maximum atomic E-state index is 11.4. The molecule has 1 aromatic heterocycles. The highest BCUT2D eigenvalue weighted by Gasteiger charge is 2.19. The number of benzene rings is 2. The molecule has 0 atom stereocenters. The van der Waals surface area contributed by atoms with Crippen LogP contribution in [0.1, 0.15) is 12.5 Å². The number of carbonyl (C=O) groups is 1. The third-order valence-electron chi connectivity index (χ3n) is 3.49. The zero-order valence-electron chi connectivity index (χ0n) is 13.0. The standard InChI is InChI=1S/C19H14N4O/c1-13(24)21-19-16(12-20)17(14-8-4-2-5-9-14)18(22-23-19)15-10-6-3-7-11-15/h2-11H,1H3,(H,21,23,24). The van der Waals surface area contributed by atoms with Gasteiger partial charge in [-0.3, -0.25) is 4.79 Å². The van der Waals surface area contributed by atoms with E-state index >= 15 is 0 Å². The van der Waals surface area contributed by atoms with E-state index in [0.717, 1.165) is 11.1 Å². The van der Waals surface area contributed by atoms with Crippen molar-refractivity contribution in [3.8, 4) is 28.5 Å². The number of hydrogen-bond donors (Lipinski definition) is 1. The molecule has 0 saturated carbocycles. The smallest absolute Gasteiger partial charge is 0.222 e. The molecule has 2 aromatic carbocycles. The molecule has 0 saturated heterocycles. The quantitative estimate of drug-likeness (QED) is 0.800. The van der Waals surface area contributed by atoms with Gasteiger partial charge in [0.2, 0.25) is 5.91 Å². The Hall–Kier alpha value is -3.52. The van der Waals surface area contributed by atoms with Crippen molar-refractivity contribution >= 4 is 11.7 Å². The first-order valence-corrected chi connectivity index (χ1v) is 7.40. The minimum Gasteiger partial charge on any atom is -0.308 e. The van der Waals surface area contributed by atoms with Crippen molar-refractivity contribution in [2.75, 3.05) is 5.32 Å². The molecule has 0 aliphatic rings. The van der Waals surface area contributed by atoms with E-state index in [0.29, 0.717) is 16.8 Å². The summed E-state index contributed by atoms with van der Waals surface area (Å²) in [7, 11) is 0. The predicted molar refractivity (Wildman–Crippen MR) is 91.9 cm³/mol. The third-order valence-corrected chi connectivity index (χ3v) is 3.49. The summed E-state index contributed by atoms with van der Waals surface area (Å²) in [5, 5.41) is 20.6. The van der Waals surface area contributed by atoms with Gasteiger partial charge in [0.05, 0.1) is 0 Å². The lowest BCUT2D eigenvalue weighted by atomic mass is 9.95. The van der Waals surface area contributed by atoms with Crippen molar-refractivity contribution in [3.05, 3.63) is 66.2 Å². The predicted octanol–water partition coefficient (Wildman–Crippen LogP) is 3.64. The number of nitrogens with zero attached hydrogens (tertiary/aromatic N) is 3. The van der Waals surface area contributed by atoms with Crippen LogP contribution < -0.4 is 5.32 Å². The van der Waals surface area contributed by atoms with Crippen molar-refractivity contribution in [1.29, 1.82) is 5.26 Å². The second kappa shape index (κ2) is 6.71. The first-order chi connectivity index (χ1) is 11.7. The average molecular weight is 314 g/mol. The fraction of sp³-hybridized carbons (Fsp3) is 0.0526. The highest BCUT2D eigenvalue weighted by molar-refractivity contribution is 5.93. The minimum atomic E-state index is -0.299. The number of hydrogen-bond acceptors (Lipinski definition) is 4. The number of rotatable bonds is 3. The van der Waals surface area contributed by atoms with Gasteiger partial charge in [-0.2, -0.15) is 5.26 Å². The summed E-state index contributed by atoms with van der Waals surface area (Å²) in [5.41, 5.74) is 3.25. The molecule has 116 valence electrons. The molecular weight excluding hydrogens is 300 g/mol. The van der Waals surface area contributed by atoms with Gasteiger partial charge < -0.3 is 5.32 Å². The molecule has 0 aliphatic carbocycles. The number of nitriles is 1. The third kappa shape index (κ3) is 2.99. The zero-order chi connectivity index (χ0) is 16.9. The largest absolute Gasteiger partial charge is 0.308 e. The summed E-state index contributed by atoms with van der Waals surface area (Å²) in [4.78, 5) is 11.4. The van der Waals surface area contributed by atoms with E-state index in [1.807, 2.05) is 60.7 Å². The van der Waals surface area contributed by atoms with Gasteiger partial charge >= 0.3 is 0 Å². The Balaban J connectivity index is 2.31. The molecule has 5 nitrogen and oxygen atoms in total. The van der Waals surface area contributed by atoms with Crippen molar-refractivity contribution in [2.45, 2.75) is 6.92 Å². The maximum Gasteiger partial charge on any atom is 0.222 e. The lowest BCUT2D eigenvalue weighted by Crippen LogP contribution is -2.11. The van der Waals surface area contributed by atoms with Gasteiger partial charge in [-0.25, -0.2) is 0 Å². The van der Waals surface area contributed by atoms with Crippen LogP contribution in [0.15, 0.2) is 60.7 Å². The highest BCUT2D eigenvalue weighted by atomic mass is 16.1. The summed E-state index contributed by atoms with van der Waals surface area (Å²) >= 11 is 0. The lowest BCUT2D eigenvalue weighted by Gasteiger charge is -2.13. The molecule has 1 amide bonds. The fourth-order valence-corrected chi connectivity index (χ4v) is 2.48. The normalized spacial score (nSPS) is 10.0. The molecule has 0 fully saturated rings. The van der Waals surface area contributed by atoms with Gasteiger partial charge in [-0.05, 0) is 5.56 Å². The van der Waals surface area contributed by atoms with Crippen LogP contribution in [-0.2, 0) is 4.79 Å². The Morgan fingerprint density at radius 3 is 2.08 bits per heavy atom. The molecule has 1 heterocycles. The summed E-state index contributed by atoms with van der Waals surface area (Å²) in [5.74, 6) is -0.129. The van der Waals surface area contributed by atoms with Gasteiger partial charge in [0.15, 0.2) is 5.82 Å². The van der Waals surface area contributed by atoms with Crippen molar-refractivity contribution in [3.63, 3.8) is 0 Å². The number of anilines is 1. The van der Waals surface area contributed by atoms with E-state index < -0.39 is 0 Å². The van der Waals surface area contributed by atoms with Crippen molar-refractivity contribution < 1.29 is 4.79 Å². The van der Waals surface area contributed by atoms with E-state index in [2.05, 4.69) is 21.6 Å². The van der Waals surface area contributed by atoms with E-state index in [1.165, 1.54) is 6.92 Å². The summed E-state index contributed by atoms with van der Waals surface area (Å²) in [6, 6.07) is 21.2. The first kappa shape index (κ1) is 15.4. The Bertz CT molecular complexity index is 915.